The van der Waals surface area contributed by atoms with Gasteiger partial charge in [0.25, 0.3) is 5.91 Å². The van der Waals surface area contributed by atoms with Gasteiger partial charge in [-0.15, -0.1) is 0 Å². The summed E-state index contributed by atoms with van der Waals surface area (Å²) in [5.41, 5.74) is 2.40. The highest BCUT2D eigenvalue weighted by atomic mass is 35.5. The summed E-state index contributed by atoms with van der Waals surface area (Å²) < 4.78 is 13.7. The average molecular weight is 400 g/mol. The number of hydrogen-bond donors (Lipinski definition) is 2. The number of aromatic amines is 1. The molecule has 1 aliphatic rings. The van der Waals surface area contributed by atoms with E-state index in [9.17, 15) is 14.0 Å². The van der Waals surface area contributed by atoms with Crippen LogP contribution in [0.1, 0.15) is 28.9 Å². The zero-order valence-corrected chi connectivity index (χ0v) is 16.0. The number of nitrogens with zero attached hydrogens (tertiary/aromatic N) is 1. The Morgan fingerprint density at radius 3 is 2.71 bits per heavy atom. The molecule has 3 aromatic rings. The Labute approximate surface area is 166 Å². The van der Waals surface area contributed by atoms with Gasteiger partial charge in [-0.05, 0) is 62.2 Å². The highest BCUT2D eigenvalue weighted by Crippen LogP contribution is 2.28. The van der Waals surface area contributed by atoms with E-state index in [1.807, 2.05) is 0 Å². The lowest BCUT2D eigenvalue weighted by Crippen LogP contribution is -2.43. The van der Waals surface area contributed by atoms with Gasteiger partial charge in [-0.25, -0.2) is 4.39 Å². The number of fused-ring (bicyclic) bond motifs is 1. The maximum atomic E-state index is 13.7. The van der Waals surface area contributed by atoms with Gasteiger partial charge in [0.15, 0.2) is 0 Å². The number of nitrogens with one attached hydrogen (secondary N) is 2. The normalized spacial score (nSPS) is 16.5. The Bertz CT molecular complexity index is 1060. The minimum Gasteiger partial charge on any atom is -0.358 e. The smallest absolute Gasteiger partial charge is 0.256 e. The molecule has 0 bridgehead atoms. The summed E-state index contributed by atoms with van der Waals surface area (Å²) in [6.07, 6.45) is 1.32. The zero-order valence-electron chi connectivity index (χ0n) is 15.3. The first-order chi connectivity index (χ1) is 13.4. The van der Waals surface area contributed by atoms with E-state index in [0.29, 0.717) is 45.8 Å². The SMILES string of the molecule is Cc1[nH]c2ccc(F)cc2c1C(=O)N1CCCC1C(=O)Nc1ccc(Cl)cc1. The number of benzene rings is 2. The van der Waals surface area contributed by atoms with E-state index in [2.05, 4.69) is 10.3 Å². The van der Waals surface area contributed by atoms with Gasteiger partial charge in [-0.2, -0.15) is 0 Å². The van der Waals surface area contributed by atoms with Crippen LogP contribution in [0.3, 0.4) is 0 Å². The van der Waals surface area contributed by atoms with Gasteiger partial charge in [0, 0.05) is 33.9 Å². The first kappa shape index (κ1) is 18.5. The Morgan fingerprint density at radius 2 is 1.96 bits per heavy atom. The molecule has 1 saturated heterocycles. The molecule has 7 heteroatoms. The molecule has 2 heterocycles. The van der Waals surface area contributed by atoms with Crippen LogP contribution in [0.15, 0.2) is 42.5 Å². The summed E-state index contributed by atoms with van der Waals surface area (Å²) in [6.45, 7) is 2.27. The maximum absolute atomic E-state index is 13.7. The molecule has 28 heavy (non-hydrogen) atoms. The highest BCUT2D eigenvalue weighted by Gasteiger charge is 2.36. The number of carbonyl (C=O) groups is 2. The zero-order chi connectivity index (χ0) is 19.8. The molecule has 0 saturated carbocycles. The molecule has 1 fully saturated rings. The summed E-state index contributed by atoms with van der Waals surface area (Å²) in [5, 5.41) is 3.96. The summed E-state index contributed by atoms with van der Waals surface area (Å²) in [7, 11) is 0. The van der Waals surface area contributed by atoms with Crippen LogP contribution in [0.25, 0.3) is 10.9 Å². The van der Waals surface area contributed by atoms with Crippen molar-refractivity contribution in [2.24, 2.45) is 0 Å². The molecular weight excluding hydrogens is 381 g/mol. The molecule has 2 amide bonds. The third-order valence-electron chi connectivity index (χ3n) is 5.09. The number of aromatic nitrogens is 1. The number of likely N-dealkylation sites (tertiary alicyclic amines) is 1. The van der Waals surface area contributed by atoms with Gasteiger partial charge < -0.3 is 15.2 Å². The number of carbonyl (C=O) groups excluding carboxylic acids is 2. The molecule has 1 aliphatic heterocycles. The van der Waals surface area contributed by atoms with Crippen LogP contribution in [0.5, 0.6) is 0 Å². The van der Waals surface area contributed by atoms with Gasteiger partial charge in [0.05, 0.1) is 5.56 Å². The monoisotopic (exact) mass is 399 g/mol. The van der Waals surface area contributed by atoms with Crippen LogP contribution in [-0.2, 0) is 4.79 Å². The van der Waals surface area contributed by atoms with E-state index in [4.69, 9.17) is 11.6 Å². The molecule has 1 aromatic heterocycles. The number of hydrogen-bond acceptors (Lipinski definition) is 2. The van der Waals surface area contributed by atoms with Crippen molar-refractivity contribution in [3.8, 4) is 0 Å². The van der Waals surface area contributed by atoms with Gasteiger partial charge in [-0.3, -0.25) is 9.59 Å². The van der Waals surface area contributed by atoms with E-state index in [1.54, 1.807) is 42.2 Å². The third kappa shape index (κ3) is 3.36. The van der Waals surface area contributed by atoms with Crippen molar-refractivity contribution < 1.29 is 14.0 Å². The van der Waals surface area contributed by atoms with E-state index in [-0.39, 0.29) is 11.8 Å². The van der Waals surface area contributed by atoms with Crippen molar-refractivity contribution >= 4 is 40.0 Å². The molecule has 5 nitrogen and oxygen atoms in total. The van der Waals surface area contributed by atoms with E-state index < -0.39 is 11.9 Å². The van der Waals surface area contributed by atoms with Crippen molar-refractivity contribution in [3.05, 3.63) is 64.6 Å². The molecule has 0 radical (unpaired) electrons. The van der Waals surface area contributed by atoms with Crippen LogP contribution in [0.4, 0.5) is 10.1 Å². The van der Waals surface area contributed by atoms with Crippen molar-refractivity contribution in [1.29, 1.82) is 0 Å². The maximum Gasteiger partial charge on any atom is 0.256 e. The second-order valence-electron chi connectivity index (χ2n) is 6.97. The second kappa shape index (κ2) is 7.28. The molecular formula is C21H19ClFN3O2. The Morgan fingerprint density at radius 1 is 1.21 bits per heavy atom. The molecule has 144 valence electrons. The van der Waals surface area contributed by atoms with Gasteiger partial charge in [0.2, 0.25) is 5.91 Å². The van der Waals surface area contributed by atoms with Crippen molar-refractivity contribution in [3.63, 3.8) is 0 Å². The third-order valence-corrected chi connectivity index (χ3v) is 5.34. The Hall–Kier alpha value is -2.86. The number of aryl methyl sites for hydroxylation is 1. The summed E-state index contributed by atoms with van der Waals surface area (Å²) in [5.74, 6) is -0.904. The molecule has 4 rings (SSSR count). The van der Waals surface area contributed by atoms with E-state index in [1.165, 1.54) is 12.1 Å². The van der Waals surface area contributed by atoms with E-state index in [0.717, 1.165) is 6.42 Å². The van der Waals surface area contributed by atoms with Gasteiger partial charge >= 0.3 is 0 Å². The number of H-pyrrole nitrogens is 1. The fourth-order valence-electron chi connectivity index (χ4n) is 3.76. The number of amides is 2. The minimum absolute atomic E-state index is 0.239. The summed E-state index contributed by atoms with van der Waals surface area (Å²) in [4.78, 5) is 30.7. The first-order valence-corrected chi connectivity index (χ1v) is 9.47. The quantitative estimate of drug-likeness (QED) is 0.680. The molecule has 0 aliphatic carbocycles. The fourth-order valence-corrected chi connectivity index (χ4v) is 3.89. The lowest BCUT2D eigenvalue weighted by atomic mass is 10.1. The first-order valence-electron chi connectivity index (χ1n) is 9.09. The topological polar surface area (TPSA) is 65.2 Å². The van der Waals surface area contributed by atoms with Crippen LogP contribution in [0, 0.1) is 12.7 Å². The Balaban J connectivity index is 1.60. The van der Waals surface area contributed by atoms with Crippen LogP contribution < -0.4 is 5.32 Å². The largest absolute Gasteiger partial charge is 0.358 e. The lowest BCUT2D eigenvalue weighted by Gasteiger charge is -2.24. The molecule has 2 aromatic carbocycles. The number of rotatable bonds is 3. The van der Waals surface area contributed by atoms with E-state index >= 15 is 0 Å². The van der Waals surface area contributed by atoms with Crippen LogP contribution >= 0.6 is 11.6 Å². The highest BCUT2D eigenvalue weighted by molar-refractivity contribution is 6.30. The van der Waals surface area contributed by atoms with Crippen molar-refractivity contribution in [1.82, 2.24) is 9.88 Å². The second-order valence-corrected chi connectivity index (χ2v) is 7.40. The average Bonchev–Trinajstić information content (AvgIpc) is 3.27. The minimum atomic E-state index is -0.568. The van der Waals surface area contributed by atoms with Crippen LogP contribution in [0.2, 0.25) is 5.02 Å². The van der Waals surface area contributed by atoms with Crippen LogP contribution in [-0.4, -0.2) is 34.3 Å². The predicted molar refractivity (Wildman–Crippen MR) is 107 cm³/mol. The fraction of sp³-hybridized carbons (Fsp3) is 0.238. The van der Waals surface area contributed by atoms with Crippen molar-refractivity contribution in [2.75, 3.05) is 11.9 Å². The molecule has 1 atom stereocenters. The molecule has 1 unspecified atom stereocenters. The van der Waals surface area contributed by atoms with Gasteiger partial charge in [0.1, 0.15) is 11.9 Å². The van der Waals surface area contributed by atoms with Gasteiger partial charge in [-0.1, -0.05) is 11.6 Å². The lowest BCUT2D eigenvalue weighted by molar-refractivity contribution is -0.119. The number of halogens is 2. The van der Waals surface area contributed by atoms with Crippen molar-refractivity contribution in [2.45, 2.75) is 25.8 Å². The predicted octanol–water partition coefficient (Wildman–Crippen LogP) is 4.51. The Kier molecular flexibility index (Phi) is 4.81. The molecule has 0 spiro atoms. The summed E-state index contributed by atoms with van der Waals surface area (Å²) >= 11 is 5.88. The number of anilines is 1. The summed E-state index contributed by atoms with van der Waals surface area (Å²) in [6, 6.07) is 10.6. The standard InChI is InChI=1S/C21H19ClFN3O2/c1-12-19(16-11-14(23)6-9-17(16)24-12)21(28)26-10-2-3-18(26)20(27)25-15-7-4-13(22)5-8-15/h4-9,11,18,24H,2-3,10H2,1H3,(H,25,27). The molecule has 2 N–H and O–H groups in total.